The summed E-state index contributed by atoms with van der Waals surface area (Å²) in [5.74, 6) is 0.336. The van der Waals surface area contributed by atoms with Crippen molar-refractivity contribution in [1.29, 1.82) is 0 Å². The minimum atomic E-state index is -4.16. The highest BCUT2D eigenvalue weighted by atomic mass is 32.2. The molecule has 226 valence electrons. The molecule has 12 heteroatoms. The van der Waals surface area contributed by atoms with Crippen LogP contribution in [0.3, 0.4) is 0 Å². The molecule has 11 nitrogen and oxygen atoms in total. The number of rotatable bonds is 12. The first-order chi connectivity index (χ1) is 21.2. The van der Waals surface area contributed by atoms with Crippen LogP contribution in [0, 0.1) is 0 Å². The molecule has 5 aromatic rings. The number of fused-ring (bicyclic) bond motifs is 1. The van der Waals surface area contributed by atoms with Crippen LogP contribution in [0.25, 0.3) is 11.0 Å². The minimum Gasteiger partial charge on any atom is -0.497 e. The van der Waals surface area contributed by atoms with Crippen molar-refractivity contribution in [2.45, 2.75) is 18.0 Å². The van der Waals surface area contributed by atoms with E-state index in [0.717, 1.165) is 5.56 Å². The van der Waals surface area contributed by atoms with Gasteiger partial charge in [-0.15, -0.1) is 0 Å². The van der Waals surface area contributed by atoms with E-state index in [1.54, 1.807) is 54.6 Å². The van der Waals surface area contributed by atoms with E-state index in [2.05, 4.69) is 25.3 Å². The number of anilines is 4. The average molecular weight is 613 g/mol. The molecule has 1 heterocycles. The van der Waals surface area contributed by atoms with Crippen molar-refractivity contribution in [3.8, 4) is 5.75 Å². The van der Waals surface area contributed by atoms with Crippen molar-refractivity contribution in [3.05, 3.63) is 108 Å². The molecule has 0 aliphatic heterocycles. The van der Waals surface area contributed by atoms with Crippen LogP contribution in [0.15, 0.2) is 102 Å². The normalized spacial score (nSPS) is 11.4. The number of nitrogens with zero attached hydrogens (tertiary/aromatic N) is 3. The molecule has 0 fully saturated rings. The Labute approximate surface area is 255 Å². The standard InChI is InChI=1S/C32H32N6O5S/c1-38(19-22-9-4-3-5-10-22)20-30(40)33-24-11-8-12-27(18-24)44(41,42)37-32-31(35-28-13-6-7-14-29(28)36-32)34-25-15-23(21-39)16-26(17-25)43-2/h3-18,39H,19-21H2,1-2H3,(H,33,40)(H,34,35)(H,36,37). The van der Waals surface area contributed by atoms with Crippen LogP contribution in [-0.4, -0.2) is 55.0 Å². The monoisotopic (exact) mass is 612 g/mol. The van der Waals surface area contributed by atoms with Crippen LogP contribution in [0.5, 0.6) is 5.75 Å². The van der Waals surface area contributed by atoms with E-state index in [-0.39, 0.29) is 35.6 Å². The number of benzene rings is 4. The lowest BCUT2D eigenvalue weighted by molar-refractivity contribution is -0.117. The highest BCUT2D eigenvalue weighted by molar-refractivity contribution is 7.92. The number of amides is 1. The zero-order valence-electron chi connectivity index (χ0n) is 24.2. The molecule has 1 amide bonds. The van der Waals surface area contributed by atoms with Crippen molar-refractivity contribution < 1.29 is 23.1 Å². The summed E-state index contributed by atoms with van der Waals surface area (Å²) in [7, 11) is -0.817. The first kappa shape index (κ1) is 30.4. The van der Waals surface area contributed by atoms with Crippen LogP contribution >= 0.6 is 0 Å². The molecule has 0 spiro atoms. The molecule has 0 saturated carbocycles. The second kappa shape index (κ2) is 13.5. The Morgan fingerprint density at radius 3 is 2.25 bits per heavy atom. The number of aliphatic hydroxyl groups is 1. The molecule has 0 atom stereocenters. The molecule has 0 aliphatic rings. The van der Waals surface area contributed by atoms with E-state index in [0.29, 0.717) is 40.3 Å². The summed E-state index contributed by atoms with van der Waals surface area (Å²) < 4.78 is 35.0. The van der Waals surface area contributed by atoms with Gasteiger partial charge in [-0.3, -0.25) is 14.4 Å². The number of hydrogen-bond acceptors (Lipinski definition) is 9. The number of aliphatic hydroxyl groups excluding tert-OH is 1. The fourth-order valence-corrected chi connectivity index (χ4v) is 5.62. The van der Waals surface area contributed by atoms with E-state index >= 15 is 0 Å². The summed E-state index contributed by atoms with van der Waals surface area (Å²) in [6.45, 7) is 0.492. The van der Waals surface area contributed by atoms with Crippen LogP contribution in [0.1, 0.15) is 11.1 Å². The number of ether oxygens (including phenoxy) is 1. The van der Waals surface area contributed by atoms with Crippen molar-refractivity contribution in [2.75, 3.05) is 36.1 Å². The Morgan fingerprint density at radius 2 is 1.55 bits per heavy atom. The molecule has 5 rings (SSSR count). The molecule has 0 bridgehead atoms. The molecule has 0 aliphatic carbocycles. The van der Waals surface area contributed by atoms with Gasteiger partial charge in [0.15, 0.2) is 11.6 Å². The van der Waals surface area contributed by atoms with Crippen molar-refractivity contribution in [2.24, 2.45) is 0 Å². The SMILES string of the molecule is COc1cc(CO)cc(Nc2nc3ccccc3nc2NS(=O)(=O)c2cccc(NC(=O)CN(C)Cc3ccccc3)c2)c1. The van der Waals surface area contributed by atoms with Gasteiger partial charge in [-0.05, 0) is 60.6 Å². The summed E-state index contributed by atoms with van der Waals surface area (Å²) in [6.07, 6.45) is 0. The number of aromatic nitrogens is 2. The first-order valence-electron chi connectivity index (χ1n) is 13.7. The summed E-state index contributed by atoms with van der Waals surface area (Å²) >= 11 is 0. The number of para-hydroxylation sites is 2. The van der Waals surface area contributed by atoms with Crippen LogP contribution in [-0.2, 0) is 28.0 Å². The largest absolute Gasteiger partial charge is 0.497 e. The van der Waals surface area contributed by atoms with Gasteiger partial charge in [-0.2, -0.15) is 0 Å². The van der Waals surface area contributed by atoms with Crippen LogP contribution < -0.4 is 20.1 Å². The lowest BCUT2D eigenvalue weighted by Crippen LogP contribution is -2.29. The van der Waals surface area contributed by atoms with Crippen molar-refractivity contribution in [3.63, 3.8) is 0 Å². The van der Waals surface area contributed by atoms with Crippen LogP contribution in [0.4, 0.5) is 23.0 Å². The summed E-state index contributed by atoms with van der Waals surface area (Å²) in [6, 6.07) is 27.9. The smallest absolute Gasteiger partial charge is 0.263 e. The van der Waals surface area contributed by atoms with Crippen LogP contribution in [0.2, 0.25) is 0 Å². The number of carbonyl (C=O) groups excluding carboxylic acids is 1. The van der Waals surface area contributed by atoms with Gasteiger partial charge in [0.25, 0.3) is 10.0 Å². The molecule has 0 radical (unpaired) electrons. The lowest BCUT2D eigenvalue weighted by atomic mass is 10.2. The third-order valence-electron chi connectivity index (χ3n) is 6.59. The fourth-order valence-electron chi connectivity index (χ4n) is 4.56. The van der Waals surface area contributed by atoms with Crippen molar-refractivity contribution in [1.82, 2.24) is 14.9 Å². The minimum absolute atomic E-state index is 0.0333. The van der Waals surface area contributed by atoms with E-state index in [9.17, 15) is 18.3 Å². The number of carbonyl (C=O) groups is 1. The highest BCUT2D eigenvalue weighted by Gasteiger charge is 2.20. The maximum Gasteiger partial charge on any atom is 0.263 e. The Bertz CT molecular complexity index is 1860. The molecular weight excluding hydrogens is 580 g/mol. The van der Waals surface area contributed by atoms with E-state index in [4.69, 9.17) is 4.74 Å². The third-order valence-corrected chi connectivity index (χ3v) is 7.92. The number of methoxy groups -OCH3 is 1. The zero-order valence-corrected chi connectivity index (χ0v) is 25.0. The summed E-state index contributed by atoms with van der Waals surface area (Å²) in [5, 5.41) is 15.6. The molecule has 4 N–H and O–H groups in total. The van der Waals surface area contributed by atoms with Gasteiger partial charge in [0.05, 0.1) is 36.2 Å². The molecule has 0 unspecified atom stereocenters. The molecule has 44 heavy (non-hydrogen) atoms. The van der Waals surface area contributed by atoms with Gasteiger partial charge >= 0.3 is 0 Å². The fraction of sp³-hybridized carbons (Fsp3) is 0.156. The summed E-state index contributed by atoms with van der Waals surface area (Å²) in [5.41, 5.74) is 3.55. The number of likely N-dealkylation sites (N-methyl/N-ethyl adjacent to an activating group) is 1. The summed E-state index contributed by atoms with van der Waals surface area (Å²) in [4.78, 5) is 23.7. The van der Waals surface area contributed by atoms with E-state index in [1.165, 1.54) is 19.2 Å². The quantitative estimate of drug-likeness (QED) is 0.157. The third kappa shape index (κ3) is 7.67. The van der Waals surface area contributed by atoms with Crippen molar-refractivity contribution >= 4 is 50.0 Å². The van der Waals surface area contributed by atoms with E-state index in [1.807, 2.05) is 42.3 Å². The molecular formula is C32H32N6O5S. The second-order valence-corrected chi connectivity index (χ2v) is 11.8. The van der Waals surface area contributed by atoms with Gasteiger partial charge < -0.3 is 20.5 Å². The Hall–Kier alpha value is -5.04. The predicted octanol–water partition coefficient (Wildman–Crippen LogP) is 4.75. The molecule has 0 saturated heterocycles. The maximum absolute atomic E-state index is 13.6. The van der Waals surface area contributed by atoms with Gasteiger partial charge in [0.2, 0.25) is 5.91 Å². The van der Waals surface area contributed by atoms with Gasteiger partial charge in [-0.1, -0.05) is 48.5 Å². The Balaban J connectivity index is 1.37. The van der Waals surface area contributed by atoms with Gasteiger partial charge in [0, 0.05) is 24.0 Å². The Kier molecular flexibility index (Phi) is 9.34. The molecule has 1 aromatic heterocycles. The lowest BCUT2D eigenvalue weighted by Gasteiger charge is -2.17. The maximum atomic E-state index is 13.6. The van der Waals surface area contributed by atoms with Gasteiger partial charge in [0.1, 0.15) is 5.75 Å². The van der Waals surface area contributed by atoms with E-state index < -0.39 is 10.0 Å². The number of nitrogens with one attached hydrogen (secondary N) is 3. The average Bonchev–Trinajstić information content (AvgIpc) is 3.01. The predicted molar refractivity (Wildman–Crippen MR) is 170 cm³/mol. The molecule has 4 aromatic carbocycles. The second-order valence-electron chi connectivity index (χ2n) is 10.1. The number of sulfonamides is 1. The highest BCUT2D eigenvalue weighted by Crippen LogP contribution is 2.30. The topological polar surface area (TPSA) is 146 Å². The Morgan fingerprint density at radius 1 is 0.841 bits per heavy atom. The van der Waals surface area contributed by atoms with Gasteiger partial charge in [-0.25, -0.2) is 18.4 Å². The first-order valence-corrected chi connectivity index (χ1v) is 15.2. The number of hydrogen-bond donors (Lipinski definition) is 4. The zero-order chi connectivity index (χ0) is 31.1.